The van der Waals surface area contributed by atoms with Gasteiger partial charge in [0.05, 0.1) is 11.9 Å². The van der Waals surface area contributed by atoms with E-state index in [9.17, 15) is 0 Å². The van der Waals surface area contributed by atoms with E-state index in [-0.39, 0.29) is 0 Å². The molecule has 0 atom stereocenters. The van der Waals surface area contributed by atoms with Crippen LogP contribution in [0.2, 0.25) is 0 Å². The van der Waals surface area contributed by atoms with Gasteiger partial charge in [0.1, 0.15) is 5.69 Å². The van der Waals surface area contributed by atoms with Crippen LogP contribution >= 0.6 is 0 Å². The predicted molar refractivity (Wildman–Crippen MR) is 83.4 cm³/mol. The topological polar surface area (TPSA) is 51.4 Å². The summed E-state index contributed by atoms with van der Waals surface area (Å²) >= 11 is 0. The number of fused-ring (bicyclic) bond motifs is 2. The molecule has 0 saturated heterocycles. The van der Waals surface area contributed by atoms with Crippen molar-refractivity contribution in [2.75, 3.05) is 10.6 Å². The minimum absolute atomic E-state index is 0.680. The Labute approximate surface area is 122 Å². The van der Waals surface area contributed by atoms with E-state index in [1.165, 1.54) is 0 Å². The Bertz CT molecular complexity index is 802. The fourth-order valence-corrected chi connectivity index (χ4v) is 2.53. The summed E-state index contributed by atoms with van der Waals surface area (Å²) in [6.07, 6.45) is 3.53. The lowest BCUT2D eigenvalue weighted by molar-refractivity contribution is 0.476. The number of hydrogen-bond donors (Lipinski definition) is 1. The third kappa shape index (κ3) is 1.89. The maximum atomic E-state index is 5.95. The predicted octanol–water partition coefficient (Wildman–Crippen LogP) is 4.24. The van der Waals surface area contributed by atoms with Crippen LogP contribution in [-0.4, -0.2) is 4.98 Å². The second-order valence-electron chi connectivity index (χ2n) is 4.84. The summed E-state index contributed by atoms with van der Waals surface area (Å²) in [7, 11) is 0. The fraction of sp³-hybridized carbons (Fsp3) is 0. The van der Waals surface area contributed by atoms with Crippen LogP contribution < -0.4 is 15.4 Å². The van der Waals surface area contributed by atoms with Gasteiger partial charge in [-0.15, -0.1) is 0 Å². The lowest BCUT2D eigenvalue weighted by atomic mass is 10.1. The molecule has 1 aliphatic rings. The van der Waals surface area contributed by atoms with E-state index in [4.69, 9.17) is 10.5 Å². The van der Waals surface area contributed by atoms with Crippen LogP contribution in [0, 0.1) is 0 Å². The molecule has 1 aliphatic heterocycles. The third-order valence-electron chi connectivity index (χ3n) is 3.46. The Hall–Kier alpha value is -3.01. The van der Waals surface area contributed by atoms with Crippen molar-refractivity contribution in [2.24, 2.45) is 0 Å². The quantitative estimate of drug-likeness (QED) is 0.528. The molecule has 0 aliphatic carbocycles. The second-order valence-corrected chi connectivity index (χ2v) is 4.84. The molecule has 0 amide bonds. The average molecular weight is 275 g/mol. The minimum Gasteiger partial charge on any atom is -0.453 e. The van der Waals surface area contributed by atoms with Gasteiger partial charge in [0.25, 0.3) is 0 Å². The number of nitrogen functional groups attached to an aromatic ring is 1. The number of nitrogens with zero attached hydrogens (tertiary/aromatic N) is 2. The molecular formula is C17H13N3O. The summed E-state index contributed by atoms with van der Waals surface area (Å²) in [5.41, 5.74) is 9.48. The van der Waals surface area contributed by atoms with Gasteiger partial charge < -0.3 is 15.4 Å². The highest BCUT2D eigenvalue weighted by Gasteiger charge is 2.25. The molecule has 0 unspecified atom stereocenters. The first kappa shape index (κ1) is 11.8. The molecule has 2 heterocycles. The van der Waals surface area contributed by atoms with Gasteiger partial charge in [0.2, 0.25) is 0 Å². The number of pyridine rings is 1. The molecule has 4 heteroatoms. The number of anilines is 4. The van der Waals surface area contributed by atoms with Crippen LogP contribution in [0.1, 0.15) is 0 Å². The van der Waals surface area contributed by atoms with Crippen LogP contribution in [0.3, 0.4) is 0 Å². The van der Waals surface area contributed by atoms with E-state index in [1.807, 2.05) is 48.7 Å². The van der Waals surface area contributed by atoms with Crippen molar-refractivity contribution in [1.29, 1.82) is 0 Å². The van der Waals surface area contributed by atoms with Crippen molar-refractivity contribution in [1.82, 2.24) is 4.98 Å². The van der Waals surface area contributed by atoms with Gasteiger partial charge in [-0.2, -0.15) is 0 Å². The zero-order valence-electron chi connectivity index (χ0n) is 11.2. The molecule has 0 saturated carbocycles. The van der Waals surface area contributed by atoms with Crippen LogP contribution in [0.5, 0.6) is 11.5 Å². The number of ether oxygens (including phenoxy) is 1. The Morgan fingerprint density at radius 1 is 0.905 bits per heavy atom. The molecule has 2 N–H and O–H groups in total. The molecule has 0 bridgehead atoms. The highest BCUT2D eigenvalue weighted by molar-refractivity contribution is 5.86. The van der Waals surface area contributed by atoms with Gasteiger partial charge in [0, 0.05) is 29.7 Å². The molecule has 2 aromatic carbocycles. The number of nitrogens with two attached hydrogens (primary N) is 1. The lowest BCUT2D eigenvalue weighted by Crippen LogP contribution is -2.16. The maximum Gasteiger partial charge on any atom is 0.154 e. The largest absolute Gasteiger partial charge is 0.453 e. The second kappa shape index (κ2) is 4.52. The first-order valence-corrected chi connectivity index (χ1v) is 6.69. The third-order valence-corrected chi connectivity index (χ3v) is 3.46. The number of hydrogen-bond acceptors (Lipinski definition) is 4. The summed E-state index contributed by atoms with van der Waals surface area (Å²) in [5.74, 6) is 1.52. The molecule has 0 fully saturated rings. The maximum absolute atomic E-state index is 5.95. The number of rotatable bonds is 1. The standard InChI is InChI=1S/C17H13N3O/c18-12-6-7-14-17(10-12)21-16-8-9-19-11-15(16)20(14)13-4-2-1-3-5-13/h1-11H,18H2. The zero-order valence-corrected chi connectivity index (χ0v) is 11.2. The van der Waals surface area contributed by atoms with Gasteiger partial charge in [0.15, 0.2) is 11.5 Å². The van der Waals surface area contributed by atoms with E-state index in [0.717, 1.165) is 28.6 Å². The molecule has 4 nitrogen and oxygen atoms in total. The summed E-state index contributed by atoms with van der Waals surface area (Å²) in [6.45, 7) is 0. The summed E-state index contributed by atoms with van der Waals surface area (Å²) in [5, 5.41) is 0. The minimum atomic E-state index is 0.680. The Balaban J connectivity index is 1.97. The molecule has 1 aromatic heterocycles. The van der Waals surface area contributed by atoms with E-state index in [1.54, 1.807) is 6.20 Å². The number of para-hydroxylation sites is 1. The van der Waals surface area contributed by atoms with Gasteiger partial charge in [-0.25, -0.2) is 0 Å². The Kier molecular flexibility index (Phi) is 2.54. The number of benzene rings is 2. The fourth-order valence-electron chi connectivity index (χ4n) is 2.53. The van der Waals surface area contributed by atoms with Crippen molar-refractivity contribution in [3.05, 3.63) is 67.0 Å². The summed E-state index contributed by atoms with van der Waals surface area (Å²) in [4.78, 5) is 6.34. The molecule has 4 rings (SSSR count). The van der Waals surface area contributed by atoms with Gasteiger partial charge in [-0.3, -0.25) is 4.98 Å². The number of aromatic nitrogens is 1. The van der Waals surface area contributed by atoms with E-state index < -0.39 is 0 Å². The smallest absolute Gasteiger partial charge is 0.154 e. The molecule has 3 aromatic rings. The molecule has 0 radical (unpaired) electrons. The van der Waals surface area contributed by atoms with Crippen LogP contribution in [0.15, 0.2) is 67.0 Å². The summed E-state index contributed by atoms with van der Waals surface area (Å²) in [6, 6.07) is 17.7. The summed E-state index contributed by atoms with van der Waals surface area (Å²) < 4.78 is 5.95. The zero-order chi connectivity index (χ0) is 14.2. The normalized spacial score (nSPS) is 12.3. The average Bonchev–Trinajstić information content (AvgIpc) is 2.53. The highest BCUT2D eigenvalue weighted by Crippen LogP contribution is 2.50. The first-order valence-electron chi connectivity index (χ1n) is 6.69. The Morgan fingerprint density at radius 3 is 2.62 bits per heavy atom. The van der Waals surface area contributed by atoms with Crippen LogP contribution in [0.4, 0.5) is 22.7 Å². The van der Waals surface area contributed by atoms with Crippen molar-refractivity contribution in [2.45, 2.75) is 0 Å². The van der Waals surface area contributed by atoms with Gasteiger partial charge >= 0.3 is 0 Å². The molecule has 102 valence electrons. The molecular weight excluding hydrogens is 262 g/mol. The Morgan fingerprint density at radius 2 is 1.76 bits per heavy atom. The highest BCUT2D eigenvalue weighted by atomic mass is 16.5. The van der Waals surface area contributed by atoms with Gasteiger partial charge in [-0.05, 0) is 24.3 Å². The SMILES string of the molecule is Nc1ccc2c(c1)Oc1ccncc1N2c1ccccc1. The monoisotopic (exact) mass is 275 g/mol. The lowest BCUT2D eigenvalue weighted by Gasteiger charge is -2.32. The van der Waals surface area contributed by atoms with Crippen LogP contribution in [0.25, 0.3) is 0 Å². The van der Waals surface area contributed by atoms with E-state index in [0.29, 0.717) is 5.69 Å². The van der Waals surface area contributed by atoms with Gasteiger partial charge in [-0.1, -0.05) is 18.2 Å². The van der Waals surface area contributed by atoms with Crippen LogP contribution in [-0.2, 0) is 0 Å². The van der Waals surface area contributed by atoms with E-state index in [2.05, 4.69) is 22.0 Å². The van der Waals surface area contributed by atoms with Crippen molar-refractivity contribution in [3.8, 4) is 11.5 Å². The van der Waals surface area contributed by atoms with Crippen molar-refractivity contribution in [3.63, 3.8) is 0 Å². The van der Waals surface area contributed by atoms with Crippen molar-refractivity contribution < 1.29 is 4.74 Å². The van der Waals surface area contributed by atoms with Crippen molar-refractivity contribution >= 4 is 22.7 Å². The molecule has 21 heavy (non-hydrogen) atoms. The molecule has 0 spiro atoms. The first-order chi connectivity index (χ1) is 10.3. The van der Waals surface area contributed by atoms with E-state index >= 15 is 0 Å².